The molecule has 0 N–H and O–H groups in total. The van der Waals surface area contributed by atoms with Gasteiger partial charge in [-0.1, -0.05) is 36.4 Å². The highest BCUT2D eigenvalue weighted by Gasteiger charge is 2.35. The van der Waals surface area contributed by atoms with Crippen molar-refractivity contribution in [3.8, 4) is 5.75 Å². The van der Waals surface area contributed by atoms with Gasteiger partial charge in [0, 0.05) is 0 Å². The van der Waals surface area contributed by atoms with E-state index in [0.717, 1.165) is 54.6 Å². The van der Waals surface area contributed by atoms with E-state index in [2.05, 4.69) is 25.7 Å². The SMILES string of the molecule is C=CCCc1ccc(OC(=O)c2ccc(C3CCC4CC(/C=C/C)CCC4C3)cc2F)cc1. The van der Waals surface area contributed by atoms with Crippen LogP contribution in [0.25, 0.3) is 0 Å². The van der Waals surface area contributed by atoms with E-state index in [1.54, 1.807) is 24.3 Å². The molecule has 174 valence electrons. The second-order valence-electron chi connectivity index (χ2n) is 9.73. The summed E-state index contributed by atoms with van der Waals surface area (Å²) >= 11 is 0. The number of esters is 1. The Hall–Kier alpha value is -2.68. The molecule has 4 atom stereocenters. The Morgan fingerprint density at radius 1 is 1.06 bits per heavy atom. The Morgan fingerprint density at radius 2 is 1.82 bits per heavy atom. The number of ether oxygens (including phenoxy) is 1. The summed E-state index contributed by atoms with van der Waals surface area (Å²) in [6, 6.07) is 12.4. The lowest BCUT2D eigenvalue weighted by Gasteiger charge is -2.41. The largest absolute Gasteiger partial charge is 0.423 e. The predicted molar refractivity (Wildman–Crippen MR) is 132 cm³/mol. The zero-order valence-electron chi connectivity index (χ0n) is 19.6. The molecule has 2 aliphatic carbocycles. The van der Waals surface area contributed by atoms with E-state index in [-0.39, 0.29) is 5.56 Å². The van der Waals surface area contributed by atoms with E-state index in [0.29, 0.717) is 11.7 Å². The molecular formula is C30H35FO2. The summed E-state index contributed by atoms with van der Waals surface area (Å²) in [6.45, 7) is 5.84. The van der Waals surface area contributed by atoms with E-state index >= 15 is 0 Å². The van der Waals surface area contributed by atoms with Gasteiger partial charge in [-0.3, -0.25) is 0 Å². The van der Waals surface area contributed by atoms with Crippen molar-refractivity contribution < 1.29 is 13.9 Å². The van der Waals surface area contributed by atoms with Gasteiger partial charge >= 0.3 is 5.97 Å². The predicted octanol–water partition coefficient (Wildman–Crippen LogP) is 8.04. The van der Waals surface area contributed by atoms with Crippen LogP contribution >= 0.6 is 0 Å². The minimum atomic E-state index is -0.649. The van der Waals surface area contributed by atoms with Crippen LogP contribution in [0.5, 0.6) is 5.75 Å². The van der Waals surface area contributed by atoms with Crippen LogP contribution in [0.4, 0.5) is 4.39 Å². The van der Waals surface area contributed by atoms with Gasteiger partial charge in [-0.2, -0.15) is 0 Å². The molecular weight excluding hydrogens is 411 g/mol. The van der Waals surface area contributed by atoms with Crippen molar-refractivity contribution in [2.24, 2.45) is 17.8 Å². The molecule has 2 saturated carbocycles. The first-order valence-electron chi connectivity index (χ1n) is 12.4. The molecule has 2 aromatic rings. The number of hydrogen-bond donors (Lipinski definition) is 0. The highest BCUT2D eigenvalue weighted by Crippen LogP contribution is 2.48. The number of carbonyl (C=O) groups excluding carboxylic acids is 1. The van der Waals surface area contributed by atoms with E-state index in [1.807, 2.05) is 24.3 Å². The van der Waals surface area contributed by atoms with Crippen LogP contribution in [-0.2, 0) is 6.42 Å². The lowest BCUT2D eigenvalue weighted by molar-refractivity contribution is 0.0729. The molecule has 2 nitrogen and oxygen atoms in total. The van der Waals surface area contributed by atoms with Gasteiger partial charge in [-0.25, -0.2) is 9.18 Å². The molecule has 0 spiro atoms. The molecule has 3 heteroatoms. The first-order valence-corrected chi connectivity index (χ1v) is 12.4. The van der Waals surface area contributed by atoms with Crippen LogP contribution < -0.4 is 4.74 Å². The molecule has 0 heterocycles. The number of rotatable bonds is 7. The minimum absolute atomic E-state index is 0.00460. The van der Waals surface area contributed by atoms with Crippen molar-refractivity contribution in [2.75, 3.05) is 0 Å². The molecule has 33 heavy (non-hydrogen) atoms. The fourth-order valence-electron chi connectivity index (χ4n) is 5.78. The summed E-state index contributed by atoms with van der Waals surface area (Å²) in [5, 5.41) is 0. The molecule has 0 aromatic heterocycles. The molecule has 0 bridgehead atoms. The number of carbonyl (C=O) groups is 1. The van der Waals surface area contributed by atoms with Gasteiger partial charge in [0.1, 0.15) is 11.6 Å². The van der Waals surface area contributed by atoms with Gasteiger partial charge in [0.25, 0.3) is 0 Å². The normalized spacial score (nSPS) is 24.9. The van der Waals surface area contributed by atoms with Crippen LogP contribution in [0.1, 0.15) is 79.3 Å². The number of aryl methyl sites for hydroxylation is 1. The average molecular weight is 447 g/mol. The standard InChI is InChI=1S/C30H35FO2/c1-3-5-7-21-9-15-27(16-10-21)33-30(32)28-17-14-26(20-29(28)31)25-13-12-23-18-22(6-4-2)8-11-24(23)19-25/h3-4,6,9-10,14-17,20,22-25H,1,5,7-8,11-13,18-19H2,2H3/b6-4+. The summed E-state index contributed by atoms with van der Waals surface area (Å²) in [5.41, 5.74) is 2.16. The first kappa shape index (κ1) is 23.5. The number of fused-ring (bicyclic) bond motifs is 1. The first-order chi connectivity index (χ1) is 16.1. The summed E-state index contributed by atoms with van der Waals surface area (Å²) in [7, 11) is 0. The molecule has 2 aliphatic rings. The maximum Gasteiger partial charge on any atom is 0.346 e. The fourth-order valence-corrected chi connectivity index (χ4v) is 5.78. The van der Waals surface area contributed by atoms with Crippen molar-refractivity contribution in [3.05, 3.63) is 89.8 Å². The van der Waals surface area contributed by atoms with Gasteiger partial charge in [-0.15, -0.1) is 6.58 Å². The van der Waals surface area contributed by atoms with Crippen molar-refractivity contribution in [3.63, 3.8) is 0 Å². The number of benzene rings is 2. The molecule has 0 saturated heterocycles. The van der Waals surface area contributed by atoms with Gasteiger partial charge in [0.05, 0.1) is 5.56 Å². The van der Waals surface area contributed by atoms with E-state index in [9.17, 15) is 9.18 Å². The minimum Gasteiger partial charge on any atom is -0.423 e. The van der Waals surface area contributed by atoms with Gasteiger partial charge < -0.3 is 4.74 Å². The van der Waals surface area contributed by atoms with Crippen molar-refractivity contribution in [2.45, 2.75) is 64.2 Å². The second-order valence-corrected chi connectivity index (χ2v) is 9.73. The van der Waals surface area contributed by atoms with E-state index < -0.39 is 11.8 Å². The monoisotopic (exact) mass is 446 g/mol. The topological polar surface area (TPSA) is 26.3 Å². The van der Waals surface area contributed by atoms with Crippen LogP contribution in [0.15, 0.2) is 67.3 Å². The van der Waals surface area contributed by atoms with Crippen LogP contribution in [-0.4, -0.2) is 5.97 Å². The van der Waals surface area contributed by atoms with Crippen molar-refractivity contribution in [1.29, 1.82) is 0 Å². The summed E-state index contributed by atoms with van der Waals surface area (Å²) in [5.74, 6) is 1.96. The number of hydrogen-bond acceptors (Lipinski definition) is 2. The smallest absolute Gasteiger partial charge is 0.346 e. The molecule has 4 rings (SSSR count). The third-order valence-electron chi connectivity index (χ3n) is 7.57. The maximum absolute atomic E-state index is 14.9. The Morgan fingerprint density at radius 3 is 2.55 bits per heavy atom. The third-order valence-corrected chi connectivity index (χ3v) is 7.57. The van der Waals surface area contributed by atoms with E-state index in [1.165, 1.54) is 25.7 Å². The lowest BCUT2D eigenvalue weighted by atomic mass is 9.64. The van der Waals surface area contributed by atoms with Crippen molar-refractivity contribution >= 4 is 5.97 Å². The second kappa shape index (κ2) is 11.0. The summed E-state index contributed by atoms with van der Waals surface area (Å²) < 4.78 is 20.3. The fraction of sp³-hybridized carbons (Fsp3) is 0.433. The van der Waals surface area contributed by atoms with Crippen LogP contribution in [0, 0.1) is 23.6 Å². The van der Waals surface area contributed by atoms with Crippen LogP contribution in [0.3, 0.4) is 0 Å². The van der Waals surface area contributed by atoms with Gasteiger partial charge in [0.15, 0.2) is 0 Å². The zero-order valence-corrected chi connectivity index (χ0v) is 19.6. The molecule has 0 aliphatic heterocycles. The van der Waals surface area contributed by atoms with Gasteiger partial charge in [-0.05, 0) is 117 Å². The number of allylic oxidation sites excluding steroid dienone is 3. The molecule has 0 amide bonds. The Bertz CT molecular complexity index is 991. The Kier molecular flexibility index (Phi) is 7.80. The van der Waals surface area contributed by atoms with E-state index in [4.69, 9.17) is 4.74 Å². The van der Waals surface area contributed by atoms with Crippen LogP contribution in [0.2, 0.25) is 0 Å². The lowest BCUT2D eigenvalue weighted by Crippen LogP contribution is -2.30. The number of halogens is 1. The zero-order chi connectivity index (χ0) is 23.2. The molecule has 2 aromatic carbocycles. The highest BCUT2D eigenvalue weighted by molar-refractivity contribution is 5.91. The average Bonchev–Trinajstić information content (AvgIpc) is 2.83. The Labute approximate surface area is 197 Å². The molecule has 2 fully saturated rings. The van der Waals surface area contributed by atoms with Gasteiger partial charge in [0.2, 0.25) is 0 Å². The third kappa shape index (κ3) is 5.82. The van der Waals surface area contributed by atoms with Crippen molar-refractivity contribution in [1.82, 2.24) is 0 Å². The molecule has 0 radical (unpaired) electrons. The maximum atomic E-state index is 14.9. The summed E-state index contributed by atoms with van der Waals surface area (Å²) in [6.07, 6.45) is 15.5. The molecule has 4 unspecified atom stereocenters. The quantitative estimate of drug-likeness (QED) is 0.244. The Balaban J connectivity index is 1.37. The summed E-state index contributed by atoms with van der Waals surface area (Å²) in [4.78, 5) is 12.6. The highest BCUT2D eigenvalue weighted by atomic mass is 19.1.